The first-order chi connectivity index (χ1) is 13.1. The molecule has 0 bridgehead atoms. The van der Waals surface area contributed by atoms with Gasteiger partial charge in [0.2, 0.25) is 11.8 Å². The van der Waals surface area contributed by atoms with Crippen LogP contribution < -0.4 is 5.32 Å². The van der Waals surface area contributed by atoms with Gasteiger partial charge < -0.3 is 10.2 Å². The van der Waals surface area contributed by atoms with Gasteiger partial charge in [-0.25, -0.2) is 0 Å². The summed E-state index contributed by atoms with van der Waals surface area (Å²) in [6, 6.07) is 7.81. The van der Waals surface area contributed by atoms with Gasteiger partial charge in [-0.1, -0.05) is 34.5 Å². The number of rotatable bonds is 7. The predicted octanol–water partition coefficient (Wildman–Crippen LogP) is 3.49. The molecule has 5 nitrogen and oxygen atoms in total. The van der Waals surface area contributed by atoms with Crippen molar-refractivity contribution >= 4 is 27.7 Å². The average Bonchev–Trinajstić information content (AvgIpc) is 3.09. The summed E-state index contributed by atoms with van der Waals surface area (Å²) in [5.41, 5.74) is 1.03. The lowest BCUT2D eigenvalue weighted by Gasteiger charge is -2.27. The molecular formula is C21H30BrN3O2. The number of benzene rings is 1. The Morgan fingerprint density at radius 2 is 1.89 bits per heavy atom. The van der Waals surface area contributed by atoms with E-state index in [9.17, 15) is 9.59 Å². The van der Waals surface area contributed by atoms with Crippen molar-refractivity contribution in [3.63, 3.8) is 0 Å². The van der Waals surface area contributed by atoms with E-state index in [1.165, 1.54) is 0 Å². The number of carbonyl (C=O) groups excluding carboxylic acids is 2. The highest BCUT2D eigenvalue weighted by Gasteiger charge is 2.29. The van der Waals surface area contributed by atoms with E-state index in [-0.39, 0.29) is 17.9 Å². The Morgan fingerprint density at radius 1 is 1.11 bits per heavy atom. The molecule has 1 aromatic rings. The zero-order valence-electron chi connectivity index (χ0n) is 16.0. The van der Waals surface area contributed by atoms with E-state index in [0.717, 1.165) is 74.7 Å². The lowest BCUT2D eigenvalue weighted by Crippen LogP contribution is -2.40. The number of likely N-dealkylation sites (tertiary alicyclic amines) is 2. The molecule has 0 aliphatic carbocycles. The molecule has 2 amide bonds. The van der Waals surface area contributed by atoms with Crippen LogP contribution in [0, 0.1) is 0 Å². The van der Waals surface area contributed by atoms with Gasteiger partial charge in [0.15, 0.2) is 0 Å². The minimum absolute atomic E-state index is 0.0668. The highest BCUT2D eigenvalue weighted by Crippen LogP contribution is 2.27. The molecule has 2 heterocycles. The van der Waals surface area contributed by atoms with Gasteiger partial charge in [0.1, 0.15) is 6.04 Å². The van der Waals surface area contributed by atoms with Crippen molar-refractivity contribution in [2.24, 2.45) is 0 Å². The van der Waals surface area contributed by atoms with Crippen LogP contribution in [0.5, 0.6) is 0 Å². The molecule has 1 N–H and O–H groups in total. The number of nitrogens with one attached hydrogen (secondary N) is 1. The second-order valence-electron chi connectivity index (χ2n) is 7.54. The number of nitrogens with zero attached hydrogens (tertiary/aromatic N) is 2. The topological polar surface area (TPSA) is 52.7 Å². The van der Waals surface area contributed by atoms with E-state index in [4.69, 9.17) is 0 Å². The molecular weight excluding hydrogens is 406 g/mol. The van der Waals surface area contributed by atoms with E-state index < -0.39 is 0 Å². The average molecular weight is 436 g/mol. The zero-order valence-corrected chi connectivity index (χ0v) is 17.5. The van der Waals surface area contributed by atoms with E-state index in [2.05, 4.69) is 26.1 Å². The van der Waals surface area contributed by atoms with Crippen molar-refractivity contribution in [3.05, 3.63) is 34.3 Å². The fourth-order valence-corrected chi connectivity index (χ4v) is 4.47. The number of carbonyl (C=O) groups is 2. The molecule has 2 aliphatic rings. The van der Waals surface area contributed by atoms with Gasteiger partial charge in [-0.3, -0.25) is 14.5 Å². The van der Waals surface area contributed by atoms with Gasteiger partial charge in [0.25, 0.3) is 0 Å². The largest absolute Gasteiger partial charge is 0.354 e. The summed E-state index contributed by atoms with van der Waals surface area (Å²) in [4.78, 5) is 29.3. The molecule has 27 heavy (non-hydrogen) atoms. The summed E-state index contributed by atoms with van der Waals surface area (Å²) in [5.74, 6) is 0.333. The van der Waals surface area contributed by atoms with Crippen LogP contribution in [0.25, 0.3) is 0 Å². The Kier molecular flexibility index (Phi) is 7.70. The zero-order chi connectivity index (χ0) is 19.1. The summed E-state index contributed by atoms with van der Waals surface area (Å²) in [7, 11) is 0. The summed E-state index contributed by atoms with van der Waals surface area (Å²) >= 11 is 3.52. The molecule has 2 aliphatic heterocycles. The Morgan fingerprint density at radius 3 is 2.67 bits per heavy atom. The van der Waals surface area contributed by atoms with E-state index >= 15 is 0 Å². The Bertz CT molecular complexity index is 646. The van der Waals surface area contributed by atoms with E-state index in [0.29, 0.717) is 13.0 Å². The van der Waals surface area contributed by atoms with Crippen molar-refractivity contribution < 1.29 is 9.59 Å². The van der Waals surface area contributed by atoms with Crippen LogP contribution in [-0.4, -0.2) is 54.3 Å². The van der Waals surface area contributed by atoms with Gasteiger partial charge in [-0.2, -0.15) is 0 Å². The van der Waals surface area contributed by atoms with Crippen LogP contribution in [0.2, 0.25) is 0 Å². The molecule has 3 rings (SSSR count). The third-order valence-corrected chi connectivity index (χ3v) is 5.99. The predicted molar refractivity (Wildman–Crippen MR) is 110 cm³/mol. The number of amides is 2. The Hall–Kier alpha value is -1.40. The smallest absolute Gasteiger partial charge is 0.241 e. The quantitative estimate of drug-likeness (QED) is 0.666. The van der Waals surface area contributed by atoms with Crippen molar-refractivity contribution in [3.8, 4) is 0 Å². The van der Waals surface area contributed by atoms with Crippen LogP contribution in [-0.2, 0) is 9.59 Å². The van der Waals surface area contributed by atoms with Crippen molar-refractivity contribution in [1.29, 1.82) is 0 Å². The molecule has 0 aromatic heterocycles. The minimum atomic E-state index is -0.232. The number of hydrogen-bond donors (Lipinski definition) is 1. The van der Waals surface area contributed by atoms with Gasteiger partial charge in [0.05, 0.1) is 0 Å². The summed E-state index contributed by atoms with van der Waals surface area (Å²) in [6.45, 7) is 4.15. The normalized spacial score (nSPS) is 19.7. The lowest BCUT2D eigenvalue weighted by atomic mass is 10.0. The van der Waals surface area contributed by atoms with Crippen molar-refractivity contribution in [1.82, 2.24) is 15.1 Å². The maximum absolute atomic E-state index is 13.0. The van der Waals surface area contributed by atoms with Crippen LogP contribution in [0.4, 0.5) is 0 Å². The fraction of sp³-hybridized carbons (Fsp3) is 0.619. The fourth-order valence-electron chi connectivity index (χ4n) is 4.06. The standard InChI is InChI=1S/C21H30BrN3O2/c22-18-9-6-8-17(16-18)20(25-13-4-5-14-25)21(27)23-11-7-15-24-12-3-1-2-10-19(24)26/h6,8-9,16,20H,1-5,7,10-15H2,(H,23,27)/t20-/m1/s1. The molecule has 1 atom stereocenters. The molecule has 6 heteroatoms. The molecule has 2 fully saturated rings. The Balaban J connectivity index is 1.54. The third kappa shape index (κ3) is 5.79. The van der Waals surface area contributed by atoms with Crippen LogP contribution in [0.1, 0.15) is 56.6 Å². The van der Waals surface area contributed by atoms with Crippen LogP contribution >= 0.6 is 15.9 Å². The summed E-state index contributed by atoms with van der Waals surface area (Å²) in [6.07, 6.45) is 7.02. The maximum Gasteiger partial charge on any atom is 0.241 e. The van der Waals surface area contributed by atoms with Gasteiger partial charge in [0, 0.05) is 30.5 Å². The maximum atomic E-state index is 13.0. The molecule has 0 spiro atoms. The summed E-state index contributed by atoms with van der Waals surface area (Å²) in [5, 5.41) is 3.11. The Labute approximate surface area is 170 Å². The highest BCUT2D eigenvalue weighted by atomic mass is 79.9. The van der Waals surface area contributed by atoms with Crippen molar-refractivity contribution in [2.75, 3.05) is 32.7 Å². The van der Waals surface area contributed by atoms with Gasteiger partial charge in [-0.15, -0.1) is 0 Å². The van der Waals surface area contributed by atoms with E-state index in [1.54, 1.807) is 0 Å². The van der Waals surface area contributed by atoms with Crippen LogP contribution in [0.15, 0.2) is 28.7 Å². The van der Waals surface area contributed by atoms with Gasteiger partial charge in [-0.05, 0) is 62.9 Å². The SMILES string of the molecule is O=C(NCCCN1CCCCCC1=O)[C@@H](c1cccc(Br)c1)N1CCCC1. The highest BCUT2D eigenvalue weighted by molar-refractivity contribution is 9.10. The second-order valence-corrected chi connectivity index (χ2v) is 8.45. The van der Waals surface area contributed by atoms with E-state index in [1.807, 2.05) is 29.2 Å². The van der Waals surface area contributed by atoms with Gasteiger partial charge >= 0.3 is 0 Å². The third-order valence-electron chi connectivity index (χ3n) is 5.49. The molecule has 0 unspecified atom stereocenters. The van der Waals surface area contributed by atoms with Crippen molar-refractivity contribution in [2.45, 2.75) is 51.0 Å². The minimum Gasteiger partial charge on any atom is -0.354 e. The van der Waals surface area contributed by atoms with Crippen LogP contribution in [0.3, 0.4) is 0 Å². The summed E-state index contributed by atoms with van der Waals surface area (Å²) < 4.78 is 0.997. The lowest BCUT2D eigenvalue weighted by molar-refractivity contribution is -0.130. The molecule has 1 aromatic carbocycles. The monoisotopic (exact) mass is 435 g/mol. The molecule has 148 valence electrons. The first-order valence-electron chi connectivity index (χ1n) is 10.2. The number of halogens is 1. The molecule has 0 saturated carbocycles. The molecule has 0 radical (unpaired) electrons. The first kappa shape index (κ1) is 20.3. The number of hydrogen-bond acceptors (Lipinski definition) is 3. The second kappa shape index (κ2) is 10.2. The first-order valence-corrected chi connectivity index (χ1v) is 11.0. The molecule has 2 saturated heterocycles.